The summed E-state index contributed by atoms with van der Waals surface area (Å²) < 4.78 is 31.4. The summed E-state index contributed by atoms with van der Waals surface area (Å²) in [6.07, 6.45) is 0.667. The van der Waals surface area contributed by atoms with Crippen molar-refractivity contribution in [3.8, 4) is 0 Å². The first-order valence-electron chi connectivity index (χ1n) is 5.53. The van der Waals surface area contributed by atoms with E-state index in [1.165, 1.54) is 0 Å². The van der Waals surface area contributed by atoms with Crippen molar-refractivity contribution < 1.29 is 13.2 Å². The standard InChI is InChI=1S/C12H19NO3S/c1-10-5-6-12(11(2)9-10)17(14,15)13-7-4-8-16-3/h5-6,9,13H,4,7-8H2,1-3H3. The molecule has 0 fully saturated rings. The van der Waals surface area contributed by atoms with Gasteiger partial charge in [-0.3, -0.25) is 0 Å². The van der Waals surface area contributed by atoms with Crippen LogP contribution in [0.4, 0.5) is 0 Å². The molecule has 0 aliphatic heterocycles. The molecular weight excluding hydrogens is 238 g/mol. The fourth-order valence-corrected chi connectivity index (χ4v) is 2.90. The van der Waals surface area contributed by atoms with Crippen molar-refractivity contribution in [3.05, 3.63) is 29.3 Å². The van der Waals surface area contributed by atoms with Crippen molar-refractivity contribution in [2.75, 3.05) is 20.3 Å². The minimum absolute atomic E-state index is 0.348. The Balaban J connectivity index is 2.76. The fraction of sp³-hybridized carbons (Fsp3) is 0.500. The zero-order valence-electron chi connectivity index (χ0n) is 10.5. The number of nitrogens with one attached hydrogen (secondary N) is 1. The topological polar surface area (TPSA) is 55.4 Å². The highest BCUT2D eigenvalue weighted by molar-refractivity contribution is 7.89. The Labute approximate surface area is 103 Å². The van der Waals surface area contributed by atoms with Gasteiger partial charge in [0, 0.05) is 20.3 Å². The van der Waals surface area contributed by atoms with E-state index >= 15 is 0 Å². The first-order valence-corrected chi connectivity index (χ1v) is 7.01. The lowest BCUT2D eigenvalue weighted by Gasteiger charge is -2.09. The fourth-order valence-electron chi connectivity index (χ4n) is 1.60. The molecule has 1 aromatic carbocycles. The molecule has 0 radical (unpaired) electrons. The van der Waals surface area contributed by atoms with Crippen LogP contribution in [0.5, 0.6) is 0 Å². The lowest BCUT2D eigenvalue weighted by Crippen LogP contribution is -2.26. The van der Waals surface area contributed by atoms with E-state index in [1.54, 1.807) is 26.2 Å². The van der Waals surface area contributed by atoms with Crippen LogP contribution in [0, 0.1) is 13.8 Å². The Morgan fingerprint density at radius 1 is 1.29 bits per heavy atom. The second-order valence-electron chi connectivity index (χ2n) is 4.01. The maximum atomic E-state index is 12.0. The van der Waals surface area contributed by atoms with E-state index in [-0.39, 0.29) is 0 Å². The summed E-state index contributed by atoms with van der Waals surface area (Å²) in [5, 5.41) is 0. The van der Waals surface area contributed by atoms with Gasteiger partial charge in [0.1, 0.15) is 0 Å². The summed E-state index contributed by atoms with van der Waals surface area (Å²) in [6.45, 7) is 4.69. The number of hydrogen-bond donors (Lipinski definition) is 1. The SMILES string of the molecule is COCCCNS(=O)(=O)c1ccc(C)cc1C. The number of ether oxygens (including phenoxy) is 1. The Bertz CT molecular complexity index is 469. The molecule has 4 nitrogen and oxygen atoms in total. The van der Waals surface area contributed by atoms with Crippen LogP contribution in [-0.4, -0.2) is 28.7 Å². The van der Waals surface area contributed by atoms with E-state index in [0.29, 0.717) is 24.5 Å². The molecule has 5 heteroatoms. The van der Waals surface area contributed by atoms with Gasteiger partial charge in [0.05, 0.1) is 4.90 Å². The predicted octanol–water partition coefficient (Wildman–Crippen LogP) is 1.62. The van der Waals surface area contributed by atoms with Crippen LogP contribution in [0.3, 0.4) is 0 Å². The molecular formula is C12H19NO3S. The van der Waals surface area contributed by atoms with Crippen molar-refractivity contribution in [1.29, 1.82) is 0 Å². The van der Waals surface area contributed by atoms with Gasteiger partial charge >= 0.3 is 0 Å². The maximum absolute atomic E-state index is 12.0. The number of sulfonamides is 1. The predicted molar refractivity (Wildman–Crippen MR) is 67.6 cm³/mol. The molecule has 1 rings (SSSR count). The quantitative estimate of drug-likeness (QED) is 0.788. The zero-order valence-corrected chi connectivity index (χ0v) is 11.3. The second-order valence-corrected chi connectivity index (χ2v) is 5.75. The van der Waals surface area contributed by atoms with Gasteiger partial charge in [-0.2, -0.15) is 0 Å². The van der Waals surface area contributed by atoms with E-state index in [2.05, 4.69) is 4.72 Å². The number of hydrogen-bond acceptors (Lipinski definition) is 3. The Morgan fingerprint density at radius 2 is 2.00 bits per heavy atom. The van der Waals surface area contributed by atoms with Crippen molar-refractivity contribution >= 4 is 10.0 Å². The zero-order chi connectivity index (χ0) is 12.9. The Kier molecular flexibility index (Phi) is 5.11. The molecule has 0 aliphatic rings. The molecule has 0 heterocycles. The van der Waals surface area contributed by atoms with Crippen LogP contribution < -0.4 is 4.72 Å². The van der Waals surface area contributed by atoms with E-state index < -0.39 is 10.0 Å². The van der Waals surface area contributed by atoms with Gasteiger partial charge in [-0.25, -0.2) is 13.1 Å². The molecule has 17 heavy (non-hydrogen) atoms. The molecule has 0 bridgehead atoms. The van der Waals surface area contributed by atoms with Crippen molar-refractivity contribution in [2.24, 2.45) is 0 Å². The van der Waals surface area contributed by atoms with Gasteiger partial charge < -0.3 is 4.74 Å². The average molecular weight is 257 g/mol. The average Bonchev–Trinajstić information content (AvgIpc) is 2.24. The first-order chi connectivity index (χ1) is 7.97. The molecule has 0 atom stereocenters. The molecule has 0 amide bonds. The van der Waals surface area contributed by atoms with E-state index in [1.807, 2.05) is 13.0 Å². The van der Waals surface area contributed by atoms with Crippen molar-refractivity contribution in [3.63, 3.8) is 0 Å². The Morgan fingerprint density at radius 3 is 2.59 bits per heavy atom. The van der Waals surface area contributed by atoms with E-state index in [4.69, 9.17) is 4.74 Å². The molecule has 1 N–H and O–H groups in total. The summed E-state index contributed by atoms with van der Waals surface area (Å²) in [7, 11) is -1.80. The van der Waals surface area contributed by atoms with Crippen LogP contribution in [0.25, 0.3) is 0 Å². The van der Waals surface area contributed by atoms with Crippen LogP contribution in [0.15, 0.2) is 23.1 Å². The maximum Gasteiger partial charge on any atom is 0.240 e. The van der Waals surface area contributed by atoms with Gasteiger partial charge in [0.25, 0.3) is 0 Å². The summed E-state index contributed by atoms with van der Waals surface area (Å²) in [5.41, 5.74) is 1.82. The van der Waals surface area contributed by atoms with Gasteiger partial charge in [-0.05, 0) is 31.9 Å². The second kappa shape index (κ2) is 6.14. The van der Waals surface area contributed by atoms with Crippen LogP contribution in [0.1, 0.15) is 17.5 Å². The minimum Gasteiger partial charge on any atom is -0.385 e. The summed E-state index contributed by atoms with van der Waals surface area (Å²) in [5.74, 6) is 0. The highest BCUT2D eigenvalue weighted by Gasteiger charge is 2.15. The molecule has 0 aliphatic carbocycles. The van der Waals surface area contributed by atoms with Gasteiger partial charge in [0.15, 0.2) is 0 Å². The third-order valence-corrected chi connectivity index (χ3v) is 4.06. The number of rotatable bonds is 6. The summed E-state index contributed by atoms with van der Waals surface area (Å²) >= 11 is 0. The van der Waals surface area contributed by atoms with Crippen molar-refractivity contribution in [1.82, 2.24) is 4.72 Å². The molecule has 1 aromatic rings. The lowest BCUT2D eigenvalue weighted by molar-refractivity contribution is 0.196. The third kappa shape index (κ3) is 4.11. The first kappa shape index (κ1) is 14.2. The van der Waals surface area contributed by atoms with Gasteiger partial charge in [0.2, 0.25) is 10.0 Å². The third-order valence-electron chi connectivity index (χ3n) is 2.44. The molecule has 96 valence electrons. The number of aryl methyl sites for hydroxylation is 2. The van der Waals surface area contributed by atoms with Crippen LogP contribution >= 0.6 is 0 Å². The lowest BCUT2D eigenvalue weighted by atomic mass is 10.2. The van der Waals surface area contributed by atoms with Crippen molar-refractivity contribution in [2.45, 2.75) is 25.2 Å². The highest BCUT2D eigenvalue weighted by atomic mass is 32.2. The highest BCUT2D eigenvalue weighted by Crippen LogP contribution is 2.15. The van der Waals surface area contributed by atoms with E-state index in [9.17, 15) is 8.42 Å². The summed E-state index contributed by atoms with van der Waals surface area (Å²) in [6, 6.07) is 5.31. The minimum atomic E-state index is -3.39. The molecule has 0 unspecified atom stereocenters. The number of benzene rings is 1. The monoisotopic (exact) mass is 257 g/mol. The smallest absolute Gasteiger partial charge is 0.240 e. The van der Waals surface area contributed by atoms with Crippen LogP contribution in [-0.2, 0) is 14.8 Å². The largest absolute Gasteiger partial charge is 0.385 e. The Hall–Kier alpha value is -0.910. The molecule has 0 saturated carbocycles. The number of methoxy groups -OCH3 is 1. The molecule has 0 spiro atoms. The van der Waals surface area contributed by atoms with Gasteiger partial charge in [-0.15, -0.1) is 0 Å². The van der Waals surface area contributed by atoms with Crippen LogP contribution in [0.2, 0.25) is 0 Å². The normalized spacial score (nSPS) is 11.7. The molecule has 0 saturated heterocycles. The van der Waals surface area contributed by atoms with E-state index in [0.717, 1.165) is 11.1 Å². The summed E-state index contributed by atoms with van der Waals surface area (Å²) in [4.78, 5) is 0.348. The molecule has 0 aromatic heterocycles. The van der Waals surface area contributed by atoms with Gasteiger partial charge in [-0.1, -0.05) is 17.7 Å².